The van der Waals surface area contributed by atoms with Crippen LogP contribution in [-0.2, 0) is 14.3 Å². The van der Waals surface area contributed by atoms with E-state index in [-0.39, 0.29) is 18.5 Å². The number of hydrogen-bond donors (Lipinski definition) is 3. The number of esters is 1. The number of unbranched alkanes of at least 4 members (excludes halogenated alkanes) is 66. The van der Waals surface area contributed by atoms with Gasteiger partial charge in [0.1, 0.15) is 0 Å². The van der Waals surface area contributed by atoms with Gasteiger partial charge >= 0.3 is 5.97 Å². The van der Waals surface area contributed by atoms with Gasteiger partial charge in [-0.3, -0.25) is 9.59 Å². The summed E-state index contributed by atoms with van der Waals surface area (Å²) in [5.74, 6) is 0.000524. The van der Waals surface area contributed by atoms with E-state index in [1.165, 1.54) is 405 Å². The molecule has 0 rings (SSSR count). The van der Waals surface area contributed by atoms with Gasteiger partial charge in [-0.05, 0) is 25.7 Å². The predicted molar refractivity (Wildman–Crippen MR) is 380 cm³/mol. The lowest BCUT2D eigenvalue weighted by Gasteiger charge is -2.22. The standard InChI is InChI=1S/C80H159NO5/c1-3-5-7-9-11-13-15-16-17-18-19-20-34-37-40-43-46-49-53-56-60-64-68-72-78(83)77(76-82)81-79(84)73-69-65-61-57-54-50-47-44-41-38-35-32-30-28-26-24-22-21-23-25-27-29-31-33-36-39-42-45-48-51-55-59-63-67-71-75-86-80(85)74-70-66-62-58-52-14-12-10-8-6-4-2/h77-78,82-83H,3-76H2,1-2H3,(H,81,84). The minimum atomic E-state index is -0.661. The van der Waals surface area contributed by atoms with Gasteiger partial charge in [0, 0.05) is 12.8 Å². The zero-order chi connectivity index (χ0) is 62.0. The van der Waals surface area contributed by atoms with Crippen molar-refractivity contribution >= 4 is 11.9 Å². The number of carbonyl (C=O) groups excluding carboxylic acids is 2. The van der Waals surface area contributed by atoms with E-state index in [4.69, 9.17) is 4.74 Å². The van der Waals surface area contributed by atoms with E-state index in [0.717, 1.165) is 38.5 Å². The summed E-state index contributed by atoms with van der Waals surface area (Å²) in [7, 11) is 0. The number of rotatable bonds is 77. The molecular weight excluding hydrogens is 1050 g/mol. The van der Waals surface area contributed by atoms with Crippen LogP contribution in [0.2, 0.25) is 0 Å². The fourth-order valence-electron chi connectivity index (χ4n) is 13.3. The maximum atomic E-state index is 12.6. The minimum absolute atomic E-state index is 0.0231. The van der Waals surface area contributed by atoms with Gasteiger partial charge in [-0.25, -0.2) is 0 Å². The summed E-state index contributed by atoms with van der Waals surface area (Å²) in [6.45, 7) is 5.01. The van der Waals surface area contributed by atoms with E-state index < -0.39 is 12.1 Å². The smallest absolute Gasteiger partial charge is 0.305 e. The zero-order valence-electron chi connectivity index (χ0n) is 59.1. The lowest BCUT2D eigenvalue weighted by atomic mass is 10.0. The predicted octanol–water partition coefficient (Wildman–Crippen LogP) is 26.5. The summed E-state index contributed by atoms with van der Waals surface area (Å²) in [5.41, 5.74) is 0. The first-order valence-corrected chi connectivity index (χ1v) is 40.3. The minimum Gasteiger partial charge on any atom is -0.466 e. The molecule has 86 heavy (non-hydrogen) atoms. The molecule has 0 radical (unpaired) electrons. The highest BCUT2D eigenvalue weighted by Gasteiger charge is 2.20. The van der Waals surface area contributed by atoms with Crippen LogP contribution in [0.5, 0.6) is 0 Å². The van der Waals surface area contributed by atoms with Crippen molar-refractivity contribution in [1.29, 1.82) is 0 Å². The first kappa shape index (κ1) is 84.9. The van der Waals surface area contributed by atoms with Crippen LogP contribution < -0.4 is 5.32 Å². The highest BCUT2D eigenvalue weighted by atomic mass is 16.5. The lowest BCUT2D eigenvalue weighted by molar-refractivity contribution is -0.143. The number of aliphatic hydroxyl groups is 2. The third-order valence-corrected chi connectivity index (χ3v) is 19.4. The highest BCUT2D eigenvalue weighted by molar-refractivity contribution is 5.76. The van der Waals surface area contributed by atoms with Gasteiger partial charge < -0.3 is 20.3 Å². The van der Waals surface area contributed by atoms with Gasteiger partial charge in [0.25, 0.3) is 0 Å². The molecule has 0 aromatic carbocycles. The molecule has 0 aliphatic carbocycles. The second-order valence-electron chi connectivity index (χ2n) is 28.1. The molecule has 0 saturated heterocycles. The van der Waals surface area contributed by atoms with Crippen molar-refractivity contribution in [3.8, 4) is 0 Å². The fraction of sp³-hybridized carbons (Fsp3) is 0.975. The van der Waals surface area contributed by atoms with Crippen LogP contribution in [0, 0.1) is 0 Å². The fourth-order valence-corrected chi connectivity index (χ4v) is 13.3. The van der Waals surface area contributed by atoms with E-state index in [1.807, 2.05) is 0 Å². The Balaban J connectivity index is 3.31. The van der Waals surface area contributed by atoms with E-state index >= 15 is 0 Å². The second kappa shape index (κ2) is 76.3. The SMILES string of the molecule is CCCCCCCCCCCCCCCCCCCCCCCCCC(O)C(CO)NC(=O)CCCCCCCCCCCCCCCCCCCCCCCCCCCCCCCCCCCCCOC(=O)CCCCCCCCCCCCC. The molecule has 0 spiro atoms. The van der Waals surface area contributed by atoms with Crippen LogP contribution in [0.25, 0.3) is 0 Å². The van der Waals surface area contributed by atoms with Crippen molar-refractivity contribution in [1.82, 2.24) is 5.32 Å². The Kier molecular flexibility index (Phi) is 75.3. The normalized spacial score (nSPS) is 12.4. The summed E-state index contributed by atoms with van der Waals surface area (Å²) in [5, 5.41) is 23.5. The Labute approximate surface area is 540 Å². The monoisotopic (exact) mass is 1210 g/mol. The molecule has 0 aliphatic rings. The van der Waals surface area contributed by atoms with Crippen LogP contribution in [-0.4, -0.2) is 47.4 Å². The van der Waals surface area contributed by atoms with Crippen molar-refractivity contribution in [2.24, 2.45) is 0 Å². The first-order chi connectivity index (χ1) is 42.5. The third-order valence-electron chi connectivity index (χ3n) is 19.4. The Bertz CT molecular complexity index is 1260. The van der Waals surface area contributed by atoms with Crippen molar-refractivity contribution in [3.05, 3.63) is 0 Å². The summed E-state index contributed by atoms with van der Waals surface area (Å²) in [6.07, 6.45) is 95.0. The van der Waals surface area contributed by atoms with Gasteiger partial charge in [0.15, 0.2) is 0 Å². The number of nitrogens with one attached hydrogen (secondary N) is 1. The van der Waals surface area contributed by atoms with Crippen molar-refractivity contribution in [2.45, 2.75) is 488 Å². The average molecular weight is 1220 g/mol. The van der Waals surface area contributed by atoms with Crippen LogP contribution >= 0.6 is 0 Å². The second-order valence-corrected chi connectivity index (χ2v) is 28.1. The Morgan fingerprint density at radius 2 is 0.477 bits per heavy atom. The van der Waals surface area contributed by atoms with Crippen molar-refractivity contribution in [3.63, 3.8) is 0 Å². The molecule has 0 saturated carbocycles. The quantitative estimate of drug-likeness (QED) is 0.0417. The molecule has 0 aliphatic heterocycles. The van der Waals surface area contributed by atoms with Crippen LogP contribution in [0.15, 0.2) is 0 Å². The Hall–Kier alpha value is -1.14. The van der Waals surface area contributed by atoms with E-state index in [1.54, 1.807) is 0 Å². The third kappa shape index (κ3) is 71.9. The van der Waals surface area contributed by atoms with Gasteiger partial charge in [0.05, 0.1) is 25.4 Å². The molecule has 0 bridgehead atoms. The molecule has 0 fully saturated rings. The number of aliphatic hydroxyl groups excluding tert-OH is 2. The molecule has 0 heterocycles. The molecule has 0 aromatic heterocycles. The first-order valence-electron chi connectivity index (χ1n) is 40.3. The van der Waals surface area contributed by atoms with Crippen molar-refractivity contribution in [2.75, 3.05) is 13.2 Å². The number of carbonyl (C=O) groups is 2. The molecule has 6 nitrogen and oxygen atoms in total. The maximum absolute atomic E-state index is 12.6. The lowest BCUT2D eigenvalue weighted by Crippen LogP contribution is -2.45. The zero-order valence-corrected chi connectivity index (χ0v) is 59.1. The number of amides is 1. The number of hydrogen-bond acceptors (Lipinski definition) is 5. The Morgan fingerprint density at radius 3 is 0.709 bits per heavy atom. The maximum Gasteiger partial charge on any atom is 0.305 e. The van der Waals surface area contributed by atoms with E-state index in [9.17, 15) is 19.8 Å². The van der Waals surface area contributed by atoms with Crippen LogP contribution in [0.3, 0.4) is 0 Å². The van der Waals surface area contributed by atoms with E-state index in [2.05, 4.69) is 19.2 Å². The van der Waals surface area contributed by atoms with Crippen LogP contribution in [0.1, 0.15) is 476 Å². The molecule has 6 heteroatoms. The van der Waals surface area contributed by atoms with E-state index in [0.29, 0.717) is 25.9 Å². The van der Waals surface area contributed by atoms with Crippen LogP contribution in [0.4, 0.5) is 0 Å². The van der Waals surface area contributed by atoms with Gasteiger partial charge in [-0.2, -0.15) is 0 Å². The average Bonchev–Trinajstić information content (AvgIpc) is 3.58. The summed E-state index contributed by atoms with van der Waals surface area (Å²) in [6, 6.07) is -0.538. The summed E-state index contributed by atoms with van der Waals surface area (Å²) < 4.78 is 5.48. The highest BCUT2D eigenvalue weighted by Crippen LogP contribution is 2.21. The molecule has 1 amide bonds. The summed E-state index contributed by atoms with van der Waals surface area (Å²) >= 11 is 0. The molecule has 514 valence electrons. The number of ether oxygens (including phenoxy) is 1. The molecule has 2 atom stereocenters. The van der Waals surface area contributed by atoms with Gasteiger partial charge in [-0.1, -0.05) is 438 Å². The van der Waals surface area contributed by atoms with Gasteiger partial charge in [0.2, 0.25) is 5.91 Å². The molecule has 0 aromatic rings. The van der Waals surface area contributed by atoms with Gasteiger partial charge in [-0.15, -0.1) is 0 Å². The topological polar surface area (TPSA) is 95.9 Å². The Morgan fingerprint density at radius 1 is 0.279 bits per heavy atom. The molecule has 2 unspecified atom stereocenters. The largest absolute Gasteiger partial charge is 0.466 e. The summed E-state index contributed by atoms with van der Waals surface area (Å²) in [4.78, 5) is 24.6. The molecule has 3 N–H and O–H groups in total. The van der Waals surface area contributed by atoms with Crippen molar-refractivity contribution < 1.29 is 24.5 Å². The molecular formula is C80H159NO5.